The highest BCUT2D eigenvalue weighted by atomic mass is 16.4. The molecular formula is C18H10N6O12. The zero-order valence-corrected chi connectivity index (χ0v) is 17.1. The van der Waals surface area contributed by atoms with Crippen molar-refractivity contribution in [2.45, 2.75) is 0 Å². The van der Waals surface area contributed by atoms with Gasteiger partial charge in [0.2, 0.25) is 0 Å². The van der Waals surface area contributed by atoms with Crippen LogP contribution in [-0.2, 0) is 0 Å². The highest BCUT2D eigenvalue weighted by molar-refractivity contribution is 6.25. The molecule has 0 aliphatic heterocycles. The van der Waals surface area contributed by atoms with Gasteiger partial charge in [0.05, 0.1) is 11.0 Å². The van der Waals surface area contributed by atoms with Gasteiger partial charge in [-0.2, -0.15) is 9.36 Å². The topological polar surface area (TPSA) is 269 Å². The molecule has 3 heterocycles. The van der Waals surface area contributed by atoms with Crippen molar-refractivity contribution < 1.29 is 59.4 Å². The molecule has 6 N–H and O–H groups in total. The van der Waals surface area contributed by atoms with E-state index in [1.165, 1.54) is 0 Å². The van der Waals surface area contributed by atoms with Crippen molar-refractivity contribution in [3.63, 3.8) is 0 Å². The zero-order chi connectivity index (χ0) is 26.6. The van der Waals surface area contributed by atoms with Gasteiger partial charge < -0.3 is 30.6 Å². The number of rotatable bonds is 2. The molecule has 36 heavy (non-hydrogen) atoms. The Bertz CT molecular complexity index is 1750. The summed E-state index contributed by atoms with van der Waals surface area (Å²) in [7, 11) is 0. The van der Waals surface area contributed by atoms with E-state index >= 15 is 0 Å². The predicted molar refractivity (Wildman–Crippen MR) is 112 cm³/mol. The van der Waals surface area contributed by atoms with Gasteiger partial charge in [-0.1, -0.05) is 0 Å². The van der Waals surface area contributed by atoms with Crippen LogP contribution in [0.3, 0.4) is 0 Å². The first kappa shape index (κ1) is 23.2. The van der Waals surface area contributed by atoms with Crippen molar-refractivity contribution in [3.8, 4) is 0 Å². The maximum absolute atomic E-state index is 12.3. The van der Waals surface area contributed by atoms with Gasteiger partial charge in [-0.3, -0.25) is 0 Å². The number of fused-ring (bicyclic) bond motifs is 6. The van der Waals surface area contributed by atoms with Crippen molar-refractivity contribution >= 4 is 69.2 Å². The molecule has 0 unspecified atom stereocenters. The van der Waals surface area contributed by atoms with Crippen LogP contribution in [0.4, 0.5) is 19.2 Å². The Morgan fingerprint density at radius 2 is 1.22 bits per heavy atom. The summed E-state index contributed by atoms with van der Waals surface area (Å²) < 4.78 is -0.115. The lowest BCUT2D eigenvalue weighted by atomic mass is 10.1. The molecule has 0 aliphatic rings. The third-order valence-electron chi connectivity index (χ3n) is 5.02. The average molecular weight is 502 g/mol. The molecule has 3 aromatic heterocycles. The summed E-state index contributed by atoms with van der Waals surface area (Å²) in [5.74, 6) is -4.36. The molecule has 184 valence electrons. The van der Waals surface area contributed by atoms with Crippen LogP contribution in [-0.4, -0.2) is 95.4 Å². The monoisotopic (exact) mass is 502 g/mol. The van der Waals surface area contributed by atoms with Crippen LogP contribution in [0, 0.1) is 0 Å². The summed E-state index contributed by atoms with van der Waals surface area (Å²) >= 11 is 0. The third-order valence-corrected chi connectivity index (χ3v) is 5.02. The average Bonchev–Trinajstić information content (AvgIpc) is 2.80. The van der Waals surface area contributed by atoms with Gasteiger partial charge in [-0.25, -0.2) is 47.9 Å². The fraction of sp³-hybridized carbons (Fsp3) is 0. The first-order valence-corrected chi connectivity index (χ1v) is 9.20. The minimum Gasteiger partial charge on any atom is -0.476 e. The van der Waals surface area contributed by atoms with E-state index in [1.807, 2.05) is 0 Å². The Morgan fingerprint density at radius 3 is 1.69 bits per heavy atom. The van der Waals surface area contributed by atoms with Crippen LogP contribution in [0.25, 0.3) is 32.8 Å². The minimum absolute atomic E-state index is 0.0131. The molecule has 0 saturated carbocycles. The fourth-order valence-corrected chi connectivity index (χ4v) is 3.88. The predicted octanol–water partition coefficient (Wildman–Crippen LogP) is 1.77. The molecular weight excluding hydrogens is 492 g/mol. The number of hydrogen-bond acceptors (Lipinski definition) is 8. The number of aromatic nitrogens is 6. The first-order chi connectivity index (χ1) is 16.9. The van der Waals surface area contributed by atoms with Gasteiger partial charge >= 0.3 is 36.3 Å². The van der Waals surface area contributed by atoms with Crippen molar-refractivity contribution in [1.82, 2.24) is 28.5 Å². The van der Waals surface area contributed by atoms with Crippen LogP contribution in [0.15, 0.2) is 24.8 Å². The number of benzene rings is 1. The standard InChI is InChI=1S/C18H10N6O12/c25-13(26)11-12(14(27)28)23(17(33)34)10-8(22(11)16(31)32)6-3-19-4-20-7(6)5-1-2-21(15(29)30)24(9(5)10)18(35)36/h1-4H,(H,25,26)(H,27,28)(H,29,30)(H,31,32)(H,33,34)(H,35,36). The molecule has 0 atom stereocenters. The van der Waals surface area contributed by atoms with Crippen LogP contribution in [0.5, 0.6) is 0 Å². The summed E-state index contributed by atoms with van der Waals surface area (Å²) in [5.41, 5.74) is -5.98. The van der Waals surface area contributed by atoms with E-state index in [0.29, 0.717) is 0 Å². The van der Waals surface area contributed by atoms with Crippen LogP contribution in [0.2, 0.25) is 0 Å². The molecule has 18 heteroatoms. The number of carboxylic acid groups (broad SMARTS) is 6. The smallest absolute Gasteiger partial charge is 0.431 e. The summed E-state index contributed by atoms with van der Waals surface area (Å²) in [6.07, 6.45) is -5.43. The zero-order valence-electron chi connectivity index (χ0n) is 17.1. The highest BCUT2D eigenvalue weighted by Crippen LogP contribution is 2.35. The summed E-state index contributed by atoms with van der Waals surface area (Å²) in [6.45, 7) is 0. The maximum atomic E-state index is 12.3. The summed E-state index contributed by atoms with van der Waals surface area (Å²) in [4.78, 5) is 80.2. The van der Waals surface area contributed by atoms with Crippen molar-refractivity contribution in [1.29, 1.82) is 0 Å². The molecule has 18 nitrogen and oxygen atoms in total. The van der Waals surface area contributed by atoms with Crippen LogP contribution in [0.1, 0.15) is 21.0 Å². The lowest BCUT2D eigenvalue weighted by Crippen LogP contribution is -2.32. The Labute approximate surface area is 194 Å². The summed E-state index contributed by atoms with van der Waals surface area (Å²) in [6, 6.07) is 1.01. The van der Waals surface area contributed by atoms with Crippen LogP contribution >= 0.6 is 0 Å². The van der Waals surface area contributed by atoms with E-state index < -0.39 is 64.2 Å². The molecule has 1 aromatic carbocycles. The van der Waals surface area contributed by atoms with Gasteiger partial charge in [-0.15, -0.1) is 0 Å². The lowest BCUT2D eigenvalue weighted by Gasteiger charge is -2.22. The van der Waals surface area contributed by atoms with E-state index in [9.17, 15) is 59.4 Å². The van der Waals surface area contributed by atoms with Gasteiger partial charge in [0.1, 0.15) is 17.4 Å². The largest absolute Gasteiger partial charge is 0.476 e. The molecule has 4 aromatic rings. The summed E-state index contributed by atoms with van der Waals surface area (Å²) in [5, 5.41) is 58.0. The van der Waals surface area contributed by atoms with Crippen molar-refractivity contribution in [3.05, 3.63) is 36.2 Å². The second-order valence-electron chi connectivity index (χ2n) is 6.83. The van der Waals surface area contributed by atoms with E-state index in [-0.39, 0.29) is 34.8 Å². The highest BCUT2D eigenvalue weighted by Gasteiger charge is 2.35. The van der Waals surface area contributed by atoms with E-state index in [0.717, 1.165) is 24.8 Å². The molecule has 0 bridgehead atoms. The first-order valence-electron chi connectivity index (χ1n) is 9.20. The molecule has 0 fully saturated rings. The molecule has 0 amide bonds. The van der Waals surface area contributed by atoms with Gasteiger partial charge in [0, 0.05) is 23.2 Å². The number of carbonyl (C=O) groups is 6. The number of nitrogens with zero attached hydrogens (tertiary/aromatic N) is 6. The van der Waals surface area contributed by atoms with E-state index in [1.54, 1.807) is 0 Å². The number of hydrogen-bond donors (Lipinski definition) is 6. The van der Waals surface area contributed by atoms with Crippen molar-refractivity contribution in [2.24, 2.45) is 0 Å². The SMILES string of the molecule is O=C(O)c1c(C(=O)O)n(C(=O)O)c2c(c3cncnc3c3ccn(C(=O)O)n(C(=O)O)c32)n1C(=O)O. The van der Waals surface area contributed by atoms with Gasteiger partial charge in [0.25, 0.3) is 0 Å². The van der Waals surface area contributed by atoms with E-state index in [2.05, 4.69) is 9.97 Å². The van der Waals surface area contributed by atoms with Gasteiger partial charge in [-0.05, 0) is 6.07 Å². The quantitative estimate of drug-likeness (QED) is 0.213. The maximum Gasteiger partial charge on any atom is 0.431 e. The lowest BCUT2D eigenvalue weighted by molar-refractivity contribution is 0.0632. The Balaban J connectivity index is 2.67. The molecule has 0 spiro atoms. The molecule has 0 saturated heterocycles. The van der Waals surface area contributed by atoms with E-state index in [4.69, 9.17) is 0 Å². The second-order valence-corrected chi connectivity index (χ2v) is 6.83. The minimum atomic E-state index is -2.20. The van der Waals surface area contributed by atoms with Gasteiger partial charge in [0.15, 0.2) is 11.4 Å². The third kappa shape index (κ3) is 3.05. The Kier molecular flexibility index (Phi) is 5.05. The number of carboxylic acids is 2. The fourth-order valence-electron chi connectivity index (χ4n) is 3.88. The Morgan fingerprint density at radius 1 is 0.667 bits per heavy atom. The molecule has 0 radical (unpaired) electrons. The number of aromatic carboxylic acids is 2. The van der Waals surface area contributed by atoms with Crippen LogP contribution < -0.4 is 0 Å². The normalized spacial score (nSPS) is 11.0. The Hall–Kier alpha value is -5.94. The molecule has 4 rings (SSSR count). The van der Waals surface area contributed by atoms with Crippen molar-refractivity contribution in [2.75, 3.05) is 0 Å². The second kappa shape index (κ2) is 7.83. The molecule has 0 aliphatic carbocycles.